The molecule has 1 aromatic rings. The SMILES string of the molecule is O=C(NC1CC1)C1COCCN1C(=O)c1cccnc1Cl. The molecule has 1 unspecified atom stereocenters. The Kier molecular flexibility index (Phi) is 4.07. The number of nitrogens with zero attached hydrogens (tertiary/aromatic N) is 2. The molecular weight excluding hydrogens is 294 g/mol. The van der Waals surface area contributed by atoms with Crippen molar-refractivity contribution in [3.8, 4) is 0 Å². The molecule has 2 heterocycles. The molecule has 112 valence electrons. The first-order valence-corrected chi connectivity index (χ1v) is 7.34. The Morgan fingerprint density at radius 1 is 1.43 bits per heavy atom. The zero-order valence-corrected chi connectivity index (χ0v) is 12.2. The van der Waals surface area contributed by atoms with Crippen LogP contribution in [0.3, 0.4) is 0 Å². The van der Waals surface area contributed by atoms with Crippen molar-refractivity contribution in [3.63, 3.8) is 0 Å². The molecule has 1 aliphatic carbocycles. The quantitative estimate of drug-likeness (QED) is 0.841. The number of aromatic nitrogens is 1. The molecule has 21 heavy (non-hydrogen) atoms. The Bertz CT molecular complexity index is 562. The van der Waals surface area contributed by atoms with Crippen molar-refractivity contribution in [1.82, 2.24) is 15.2 Å². The van der Waals surface area contributed by atoms with Crippen LogP contribution in [-0.4, -0.2) is 53.5 Å². The van der Waals surface area contributed by atoms with Gasteiger partial charge in [0.05, 0.1) is 18.8 Å². The Hall–Kier alpha value is -1.66. The van der Waals surface area contributed by atoms with Crippen molar-refractivity contribution in [1.29, 1.82) is 0 Å². The summed E-state index contributed by atoms with van der Waals surface area (Å²) in [5.74, 6) is -0.446. The maximum Gasteiger partial charge on any atom is 0.257 e. The van der Waals surface area contributed by atoms with Crippen LogP contribution in [0.1, 0.15) is 23.2 Å². The number of halogens is 1. The Balaban J connectivity index is 1.78. The molecule has 0 radical (unpaired) electrons. The van der Waals surface area contributed by atoms with Crippen LogP contribution in [0.5, 0.6) is 0 Å². The van der Waals surface area contributed by atoms with Crippen LogP contribution in [-0.2, 0) is 9.53 Å². The van der Waals surface area contributed by atoms with Crippen molar-refractivity contribution >= 4 is 23.4 Å². The van der Waals surface area contributed by atoms with Gasteiger partial charge in [-0.15, -0.1) is 0 Å². The summed E-state index contributed by atoms with van der Waals surface area (Å²) in [5.41, 5.74) is 0.310. The molecule has 1 atom stereocenters. The summed E-state index contributed by atoms with van der Waals surface area (Å²) in [4.78, 5) is 30.3. The van der Waals surface area contributed by atoms with Crippen molar-refractivity contribution in [2.45, 2.75) is 24.9 Å². The minimum atomic E-state index is -0.608. The number of ether oxygens (including phenoxy) is 1. The van der Waals surface area contributed by atoms with E-state index >= 15 is 0 Å². The lowest BCUT2D eigenvalue weighted by Gasteiger charge is -2.34. The van der Waals surface area contributed by atoms with Crippen LogP contribution in [0.25, 0.3) is 0 Å². The molecule has 1 aromatic heterocycles. The number of hydrogen-bond acceptors (Lipinski definition) is 4. The minimum Gasteiger partial charge on any atom is -0.377 e. The van der Waals surface area contributed by atoms with E-state index in [1.807, 2.05) is 0 Å². The summed E-state index contributed by atoms with van der Waals surface area (Å²) in [5, 5.41) is 3.06. The second-order valence-electron chi connectivity index (χ2n) is 5.21. The van der Waals surface area contributed by atoms with Gasteiger partial charge in [0, 0.05) is 18.8 Å². The van der Waals surface area contributed by atoms with Gasteiger partial charge in [0.25, 0.3) is 5.91 Å². The molecule has 7 heteroatoms. The lowest BCUT2D eigenvalue weighted by atomic mass is 10.1. The van der Waals surface area contributed by atoms with Crippen LogP contribution in [0, 0.1) is 0 Å². The number of pyridine rings is 1. The van der Waals surface area contributed by atoms with E-state index in [9.17, 15) is 9.59 Å². The number of carbonyl (C=O) groups excluding carboxylic acids is 2. The van der Waals surface area contributed by atoms with E-state index in [2.05, 4.69) is 10.3 Å². The van der Waals surface area contributed by atoms with Gasteiger partial charge in [-0.3, -0.25) is 9.59 Å². The van der Waals surface area contributed by atoms with Gasteiger partial charge in [0.15, 0.2) is 0 Å². The number of rotatable bonds is 3. The first-order valence-electron chi connectivity index (χ1n) is 6.96. The van der Waals surface area contributed by atoms with Crippen molar-refractivity contribution in [2.24, 2.45) is 0 Å². The van der Waals surface area contributed by atoms with Crippen LogP contribution in [0.4, 0.5) is 0 Å². The second-order valence-corrected chi connectivity index (χ2v) is 5.57. The maximum absolute atomic E-state index is 12.6. The van der Waals surface area contributed by atoms with Gasteiger partial charge in [-0.05, 0) is 25.0 Å². The van der Waals surface area contributed by atoms with E-state index in [1.54, 1.807) is 12.1 Å². The molecule has 1 aliphatic heterocycles. The third-order valence-electron chi connectivity index (χ3n) is 3.61. The highest BCUT2D eigenvalue weighted by atomic mass is 35.5. The average Bonchev–Trinajstić information content (AvgIpc) is 3.31. The highest BCUT2D eigenvalue weighted by molar-refractivity contribution is 6.32. The van der Waals surface area contributed by atoms with Crippen molar-refractivity contribution in [3.05, 3.63) is 29.0 Å². The minimum absolute atomic E-state index is 0.148. The summed E-state index contributed by atoms with van der Waals surface area (Å²) in [6.07, 6.45) is 3.53. The van der Waals surface area contributed by atoms with Crippen LogP contribution in [0.15, 0.2) is 18.3 Å². The van der Waals surface area contributed by atoms with Gasteiger partial charge in [-0.25, -0.2) is 4.98 Å². The fraction of sp³-hybridized carbons (Fsp3) is 0.500. The lowest BCUT2D eigenvalue weighted by molar-refractivity contribution is -0.130. The van der Waals surface area contributed by atoms with Gasteiger partial charge < -0.3 is 15.0 Å². The number of carbonyl (C=O) groups is 2. The predicted octanol–water partition coefficient (Wildman–Crippen LogP) is 0.855. The van der Waals surface area contributed by atoms with E-state index in [0.717, 1.165) is 12.8 Å². The van der Waals surface area contributed by atoms with Crippen LogP contribution >= 0.6 is 11.6 Å². The average molecular weight is 310 g/mol. The van der Waals surface area contributed by atoms with E-state index in [4.69, 9.17) is 16.3 Å². The number of hydrogen-bond donors (Lipinski definition) is 1. The Morgan fingerprint density at radius 2 is 2.24 bits per heavy atom. The van der Waals surface area contributed by atoms with Gasteiger partial charge in [0.2, 0.25) is 5.91 Å². The fourth-order valence-corrected chi connectivity index (χ4v) is 2.49. The third-order valence-corrected chi connectivity index (χ3v) is 3.91. The zero-order valence-electron chi connectivity index (χ0n) is 11.4. The van der Waals surface area contributed by atoms with Crippen LogP contribution < -0.4 is 5.32 Å². The summed E-state index contributed by atoms with van der Waals surface area (Å²) < 4.78 is 5.35. The first kappa shape index (κ1) is 14.3. The third kappa shape index (κ3) is 3.16. The smallest absolute Gasteiger partial charge is 0.257 e. The second kappa shape index (κ2) is 5.99. The Morgan fingerprint density at radius 3 is 2.95 bits per heavy atom. The van der Waals surface area contributed by atoms with E-state index in [0.29, 0.717) is 18.7 Å². The molecule has 0 bridgehead atoms. The molecule has 3 rings (SSSR count). The molecule has 0 spiro atoms. The monoisotopic (exact) mass is 309 g/mol. The van der Waals surface area contributed by atoms with Gasteiger partial charge in [-0.1, -0.05) is 11.6 Å². The first-order chi connectivity index (χ1) is 10.2. The molecule has 2 amide bonds. The van der Waals surface area contributed by atoms with E-state index in [-0.39, 0.29) is 29.6 Å². The Labute approximate surface area is 127 Å². The van der Waals surface area contributed by atoms with Gasteiger partial charge in [0.1, 0.15) is 11.2 Å². The highest BCUT2D eigenvalue weighted by Gasteiger charge is 2.36. The zero-order chi connectivity index (χ0) is 14.8. The van der Waals surface area contributed by atoms with Crippen molar-refractivity contribution in [2.75, 3.05) is 19.8 Å². The molecule has 1 saturated heterocycles. The largest absolute Gasteiger partial charge is 0.377 e. The molecule has 2 fully saturated rings. The lowest BCUT2D eigenvalue weighted by Crippen LogP contribution is -2.56. The fourth-order valence-electron chi connectivity index (χ4n) is 2.29. The summed E-state index contributed by atoms with van der Waals surface area (Å²) in [6, 6.07) is 2.91. The van der Waals surface area contributed by atoms with E-state index in [1.165, 1.54) is 11.1 Å². The standard InChI is InChI=1S/C14H16ClN3O3/c15-12-10(2-1-5-16-12)14(20)18-6-7-21-8-11(18)13(19)17-9-3-4-9/h1-2,5,9,11H,3-4,6-8H2,(H,17,19). The number of amides is 2. The van der Waals surface area contributed by atoms with Crippen molar-refractivity contribution < 1.29 is 14.3 Å². The van der Waals surface area contributed by atoms with Gasteiger partial charge in [-0.2, -0.15) is 0 Å². The summed E-state index contributed by atoms with van der Waals surface area (Å²) in [7, 11) is 0. The van der Waals surface area contributed by atoms with Crippen LogP contribution in [0.2, 0.25) is 5.15 Å². The summed E-state index contributed by atoms with van der Waals surface area (Å²) in [6.45, 7) is 0.992. The maximum atomic E-state index is 12.6. The molecule has 0 aromatic carbocycles. The van der Waals surface area contributed by atoms with Gasteiger partial charge >= 0.3 is 0 Å². The predicted molar refractivity (Wildman–Crippen MR) is 76.1 cm³/mol. The number of morpholine rings is 1. The molecule has 2 aliphatic rings. The van der Waals surface area contributed by atoms with E-state index < -0.39 is 6.04 Å². The molecule has 6 nitrogen and oxygen atoms in total. The highest BCUT2D eigenvalue weighted by Crippen LogP contribution is 2.21. The number of nitrogens with one attached hydrogen (secondary N) is 1. The molecule has 1 N–H and O–H groups in total. The molecular formula is C14H16ClN3O3. The molecule has 1 saturated carbocycles. The normalized spacial score (nSPS) is 22.0. The summed E-state index contributed by atoms with van der Waals surface area (Å²) >= 11 is 5.97. The topological polar surface area (TPSA) is 71.5 Å².